The van der Waals surface area contributed by atoms with Crippen LogP contribution >= 0.6 is 0 Å². The van der Waals surface area contributed by atoms with E-state index >= 15 is 0 Å². The quantitative estimate of drug-likeness (QED) is 0.802. The highest BCUT2D eigenvalue weighted by molar-refractivity contribution is 6.40. The van der Waals surface area contributed by atoms with Crippen LogP contribution < -0.4 is 16.1 Å². The molecular weight excluding hydrogens is 304 g/mol. The zero-order valence-electron chi connectivity index (χ0n) is 14.5. The Labute approximate surface area is 143 Å². The van der Waals surface area contributed by atoms with E-state index in [4.69, 9.17) is 5.73 Å². The van der Waals surface area contributed by atoms with E-state index in [1.807, 2.05) is 37.3 Å². The minimum absolute atomic E-state index is 0.0698. The molecule has 1 aromatic carbocycles. The summed E-state index contributed by atoms with van der Waals surface area (Å²) in [6.07, 6.45) is 2.19. The van der Waals surface area contributed by atoms with E-state index in [0.717, 1.165) is 18.5 Å². The first-order valence-electron chi connectivity index (χ1n) is 8.40. The molecule has 130 valence electrons. The molecule has 0 saturated carbocycles. The van der Waals surface area contributed by atoms with Crippen molar-refractivity contribution >= 4 is 23.2 Å². The third-order valence-electron chi connectivity index (χ3n) is 4.08. The molecular formula is C18H26N4O2. The Morgan fingerprint density at radius 3 is 2.50 bits per heavy atom. The molecule has 24 heavy (non-hydrogen) atoms. The summed E-state index contributed by atoms with van der Waals surface area (Å²) in [7, 11) is 0. The fourth-order valence-electron chi connectivity index (χ4n) is 2.65. The van der Waals surface area contributed by atoms with Crippen LogP contribution in [-0.2, 0) is 9.59 Å². The van der Waals surface area contributed by atoms with E-state index in [9.17, 15) is 9.59 Å². The highest BCUT2D eigenvalue weighted by Gasteiger charge is 2.35. The summed E-state index contributed by atoms with van der Waals surface area (Å²) in [6, 6.07) is 8.72. The molecule has 1 aliphatic heterocycles. The van der Waals surface area contributed by atoms with Gasteiger partial charge in [0.15, 0.2) is 0 Å². The molecule has 6 nitrogen and oxygen atoms in total. The predicted molar refractivity (Wildman–Crippen MR) is 95.6 cm³/mol. The fraction of sp³-hybridized carbons (Fsp3) is 0.500. The lowest BCUT2D eigenvalue weighted by Crippen LogP contribution is -2.40. The molecule has 0 aromatic heterocycles. The fourth-order valence-corrected chi connectivity index (χ4v) is 2.65. The first-order chi connectivity index (χ1) is 11.4. The van der Waals surface area contributed by atoms with Crippen molar-refractivity contribution in [2.24, 2.45) is 16.8 Å². The van der Waals surface area contributed by atoms with Crippen LogP contribution in [0.4, 0.5) is 5.69 Å². The van der Waals surface area contributed by atoms with Crippen LogP contribution in [-0.4, -0.2) is 29.6 Å². The summed E-state index contributed by atoms with van der Waals surface area (Å²) >= 11 is 0. The van der Waals surface area contributed by atoms with E-state index in [1.54, 1.807) is 0 Å². The van der Waals surface area contributed by atoms with Crippen LogP contribution in [0.3, 0.4) is 0 Å². The van der Waals surface area contributed by atoms with Gasteiger partial charge in [0.25, 0.3) is 5.91 Å². The number of primary amides is 1. The summed E-state index contributed by atoms with van der Waals surface area (Å²) in [6.45, 7) is 6.30. The maximum Gasteiger partial charge on any atom is 0.267 e. The maximum absolute atomic E-state index is 12.4. The van der Waals surface area contributed by atoms with Crippen LogP contribution in [0, 0.1) is 5.92 Å². The second kappa shape index (κ2) is 7.95. The number of nitrogens with zero attached hydrogens (tertiary/aromatic N) is 2. The van der Waals surface area contributed by atoms with E-state index in [2.05, 4.69) is 24.3 Å². The van der Waals surface area contributed by atoms with Crippen LogP contribution in [0.25, 0.3) is 0 Å². The maximum atomic E-state index is 12.4. The summed E-state index contributed by atoms with van der Waals surface area (Å²) in [5.74, 6) is -0.116. The lowest BCUT2D eigenvalue weighted by atomic mass is 10.0. The molecule has 6 heteroatoms. The summed E-state index contributed by atoms with van der Waals surface area (Å²) in [5, 5.41) is 8.84. The number of carbonyl (C=O) groups is 2. The Bertz CT molecular complexity index is 613. The first kappa shape index (κ1) is 18.0. The van der Waals surface area contributed by atoms with E-state index < -0.39 is 11.9 Å². The second-order valence-electron chi connectivity index (χ2n) is 6.69. The molecule has 0 bridgehead atoms. The lowest BCUT2D eigenvalue weighted by Gasteiger charge is -2.20. The Kier molecular flexibility index (Phi) is 5.95. The minimum atomic E-state index is -0.626. The van der Waals surface area contributed by atoms with Gasteiger partial charge in [-0.25, -0.2) is 0 Å². The Morgan fingerprint density at radius 1 is 1.25 bits per heavy atom. The van der Waals surface area contributed by atoms with Crippen LogP contribution in [0.15, 0.2) is 35.4 Å². The third kappa shape index (κ3) is 4.57. The van der Waals surface area contributed by atoms with Gasteiger partial charge >= 0.3 is 0 Å². The molecule has 0 aliphatic carbocycles. The van der Waals surface area contributed by atoms with Crippen molar-refractivity contribution in [1.29, 1.82) is 0 Å². The van der Waals surface area contributed by atoms with Crippen molar-refractivity contribution in [2.75, 3.05) is 5.01 Å². The number of hydrazone groups is 1. The summed E-state index contributed by atoms with van der Waals surface area (Å²) in [5.41, 5.74) is 6.58. The van der Waals surface area contributed by atoms with Crippen molar-refractivity contribution in [2.45, 2.75) is 52.1 Å². The molecule has 0 spiro atoms. The largest absolute Gasteiger partial charge is 0.368 e. The molecule has 2 unspecified atom stereocenters. The Morgan fingerprint density at radius 2 is 1.92 bits per heavy atom. The highest BCUT2D eigenvalue weighted by Crippen LogP contribution is 2.24. The number of hydrogen-bond acceptors (Lipinski definition) is 4. The van der Waals surface area contributed by atoms with Gasteiger partial charge in [-0.1, -0.05) is 32.0 Å². The van der Waals surface area contributed by atoms with Gasteiger partial charge in [-0.2, -0.15) is 5.10 Å². The molecule has 2 rings (SSSR count). The highest BCUT2D eigenvalue weighted by atomic mass is 16.2. The average Bonchev–Trinajstić information content (AvgIpc) is 2.99. The average molecular weight is 330 g/mol. The molecule has 2 atom stereocenters. The zero-order valence-corrected chi connectivity index (χ0v) is 14.5. The zero-order chi connectivity index (χ0) is 17.7. The van der Waals surface area contributed by atoms with Gasteiger partial charge in [0, 0.05) is 12.5 Å². The van der Waals surface area contributed by atoms with Crippen LogP contribution in [0.2, 0.25) is 0 Å². The van der Waals surface area contributed by atoms with Crippen molar-refractivity contribution in [3.05, 3.63) is 30.3 Å². The third-order valence-corrected chi connectivity index (χ3v) is 4.08. The molecule has 0 saturated heterocycles. The van der Waals surface area contributed by atoms with Crippen molar-refractivity contribution in [1.82, 2.24) is 5.32 Å². The predicted octanol–water partition coefficient (Wildman–Crippen LogP) is 2.05. The first-order valence-corrected chi connectivity index (χ1v) is 8.40. The molecule has 0 fully saturated rings. The van der Waals surface area contributed by atoms with Crippen molar-refractivity contribution < 1.29 is 9.59 Å². The Balaban J connectivity index is 2.07. The number of nitrogens with two attached hydrogens (primary N) is 1. The second-order valence-corrected chi connectivity index (χ2v) is 6.69. The summed E-state index contributed by atoms with van der Waals surface area (Å²) < 4.78 is 0. The molecule has 0 radical (unpaired) electrons. The van der Waals surface area contributed by atoms with E-state index in [0.29, 0.717) is 11.6 Å². The number of carbonyl (C=O) groups excluding carboxylic acids is 2. The lowest BCUT2D eigenvalue weighted by molar-refractivity contribution is -0.119. The number of amides is 2. The number of nitrogens with one attached hydrogen (secondary N) is 1. The SMILES string of the molecule is CC(C)CCC(C)NC(=O)C1=NN(c2ccccc2)C(C(N)=O)C1. The van der Waals surface area contributed by atoms with Gasteiger partial charge in [-0.05, 0) is 37.8 Å². The standard InChI is InChI=1S/C18H26N4O2/c1-12(2)9-10-13(3)20-18(24)15-11-16(17(19)23)22(21-15)14-7-5-4-6-8-14/h4-8,12-13,16H,9-11H2,1-3H3,(H2,19,23)(H,20,24). The molecule has 1 aromatic rings. The van der Waals surface area contributed by atoms with Gasteiger partial charge in [0.05, 0.1) is 5.69 Å². The molecule has 2 amide bonds. The van der Waals surface area contributed by atoms with E-state index in [1.165, 1.54) is 5.01 Å². The smallest absolute Gasteiger partial charge is 0.267 e. The van der Waals surface area contributed by atoms with Crippen molar-refractivity contribution in [3.63, 3.8) is 0 Å². The molecule has 1 heterocycles. The topological polar surface area (TPSA) is 87.8 Å². The monoisotopic (exact) mass is 330 g/mol. The van der Waals surface area contributed by atoms with Crippen molar-refractivity contribution in [3.8, 4) is 0 Å². The number of hydrogen-bond donors (Lipinski definition) is 2. The number of rotatable bonds is 7. The number of benzene rings is 1. The van der Waals surface area contributed by atoms with Gasteiger partial charge < -0.3 is 11.1 Å². The van der Waals surface area contributed by atoms with Gasteiger partial charge in [0.2, 0.25) is 5.91 Å². The summed E-state index contributed by atoms with van der Waals surface area (Å²) in [4.78, 5) is 24.2. The molecule has 3 N–H and O–H groups in total. The van der Waals surface area contributed by atoms with Crippen LogP contribution in [0.1, 0.15) is 40.0 Å². The minimum Gasteiger partial charge on any atom is -0.368 e. The number of para-hydroxylation sites is 1. The van der Waals surface area contributed by atoms with Gasteiger partial charge in [-0.3, -0.25) is 14.6 Å². The number of anilines is 1. The van der Waals surface area contributed by atoms with Crippen LogP contribution in [0.5, 0.6) is 0 Å². The molecule has 1 aliphatic rings. The normalized spacial score (nSPS) is 18.4. The van der Waals surface area contributed by atoms with E-state index in [-0.39, 0.29) is 18.4 Å². The van der Waals surface area contributed by atoms with Gasteiger partial charge in [0.1, 0.15) is 11.8 Å². The van der Waals surface area contributed by atoms with Gasteiger partial charge in [-0.15, -0.1) is 0 Å². The Hall–Kier alpha value is -2.37.